The van der Waals surface area contributed by atoms with Gasteiger partial charge in [-0.2, -0.15) is 0 Å². The second-order valence-corrected chi connectivity index (χ2v) is 8.24. The van der Waals surface area contributed by atoms with Gasteiger partial charge in [-0.05, 0) is 42.4 Å². The Labute approximate surface area is 182 Å². The van der Waals surface area contributed by atoms with Crippen molar-refractivity contribution in [3.8, 4) is 0 Å². The normalized spacial score (nSPS) is 15.8. The molecule has 0 aliphatic carbocycles. The Morgan fingerprint density at radius 3 is 2.48 bits per heavy atom. The molecule has 1 saturated heterocycles. The lowest BCUT2D eigenvalue weighted by Gasteiger charge is -2.31. The van der Waals surface area contributed by atoms with Crippen molar-refractivity contribution < 1.29 is 14.3 Å². The summed E-state index contributed by atoms with van der Waals surface area (Å²) in [5.74, 6) is -0.243. The van der Waals surface area contributed by atoms with Crippen LogP contribution < -0.4 is 5.56 Å². The molecule has 0 N–H and O–H groups in total. The molecule has 2 aliphatic heterocycles. The molecule has 0 unspecified atom stereocenters. The summed E-state index contributed by atoms with van der Waals surface area (Å²) in [5, 5.41) is 0. The molecule has 2 amide bonds. The minimum atomic E-state index is -0.219. The number of hydrogen-bond acceptors (Lipinski definition) is 4. The number of fused-ring (bicyclic) bond motifs is 1. The van der Waals surface area contributed by atoms with E-state index in [2.05, 4.69) is 0 Å². The van der Waals surface area contributed by atoms with Crippen LogP contribution >= 0.6 is 0 Å². The van der Waals surface area contributed by atoms with E-state index in [1.165, 1.54) is 7.11 Å². The fourth-order valence-corrected chi connectivity index (χ4v) is 4.50. The van der Waals surface area contributed by atoms with E-state index in [-0.39, 0.29) is 24.0 Å². The molecule has 7 nitrogen and oxygen atoms in total. The predicted molar refractivity (Wildman–Crippen MR) is 117 cm³/mol. The Balaban J connectivity index is 1.69. The lowest BCUT2D eigenvalue weighted by Crippen LogP contribution is -2.43. The Morgan fingerprint density at radius 1 is 1.03 bits per heavy atom. The van der Waals surface area contributed by atoms with Gasteiger partial charge >= 0.3 is 0 Å². The third-order valence-electron chi connectivity index (χ3n) is 6.18. The molecular formula is C24H29N3O4. The summed E-state index contributed by atoms with van der Waals surface area (Å²) in [4.78, 5) is 42.6. The number of rotatable bonds is 6. The maximum Gasteiger partial charge on any atom is 0.263 e. The summed E-state index contributed by atoms with van der Waals surface area (Å²) < 4.78 is 6.65. The second kappa shape index (κ2) is 9.47. The van der Waals surface area contributed by atoms with Crippen LogP contribution in [-0.2, 0) is 35.5 Å². The first-order chi connectivity index (χ1) is 15.1. The van der Waals surface area contributed by atoms with Crippen LogP contribution in [0.3, 0.4) is 0 Å². The molecule has 0 saturated carbocycles. The molecule has 1 aromatic carbocycles. The van der Waals surface area contributed by atoms with Crippen LogP contribution in [0.1, 0.15) is 39.9 Å². The Hall–Kier alpha value is -2.93. The highest BCUT2D eigenvalue weighted by atomic mass is 16.5. The molecule has 3 heterocycles. The van der Waals surface area contributed by atoms with Gasteiger partial charge < -0.3 is 19.1 Å². The number of amides is 2. The molecule has 2 aromatic rings. The number of aromatic nitrogens is 1. The van der Waals surface area contributed by atoms with Crippen molar-refractivity contribution in [2.24, 2.45) is 0 Å². The first-order valence-corrected chi connectivity index (χ1v) is 10.9. The molecule has 0 spiro atoms. The van der Waals surface area contributed by atoms with E-state index in [0.717, 1.165) is 29.5 Å². The van der Waals surface area contributed by atoms with Crippen LogP contribution in [0.25, 0.3) is 0 Å². The average molecular weight is 424 g/mol. The van der Waals surface area contributed by atoms with Gasteiger partial charge in [0.2, 0.25) is 5.91 Å². The first kappa shape index (κ1) is 21.3. The van der Waals surface area contributed by atoms with Crippen LogP contribution in [0.4, 0.5) is 0 Å². The largest absolute Gasteiger partial charge is 0.375 e. The monoisotopic (exact) mass is 423 g/mol. The van der Waals surface area contributed by atoms with E-state index >= 15 is 0 Å². The maximum absolute atomic E-state index is 13.4. The summed E-state index contributed by atoms with van der Waals surface area (Å²) in [6.07, 6.45) is 5.00. The number of carbonyl (C=O) groups is 2. The molecule has 4 rings (SSSR count). The van der Waals surface area contributed by atoms with Crippen molar-refractivity contribution in [3.63, 3.8) is 0 Å². The minimum absolute atomic E-state index is 0.0303. The number of ether oxygens (including phenoxy) is 1. The van der Waals surface area contributed by atoms with Crippen LogP contribution in [0.5, 0.6) is 0 Å². The topological polar surface area (TPSA) is 71.8 Å². The SMILES string of the molecule is COCC(=O)N1CCc2c(cn(CCc3ccccc3)c(=O)c2C(=O)N2CCCC2)C1. The maximum atomic E-state index is 13.4. The lowest BCUT2D eigenvalue weighted by molar-refractivity contribution is -0.136. The summed E-state index contributed by atoms with van der Waals surface area (Å²) in [6.45, 7) is 2.80. The van der Waals surface area contributed by atoms with E-state index < -0.39 is 0 Å². The van der Waals surface area contributed by atoms with Gasteiger partial charge in [0.05, 0.1) is 0 Å². The number of aryl methyl sites for hydroxylation is 2. The number of likely N-dealkylation sites (tertiary alicyclic amines) is 1. The van der Waals surface area contributed by atoms with Crippen molar-refractivity contribution in [2.75, 3.05) is 33.4 Å². The number of hydrogen-bond donors (Lipinski definition) is 0. The molecule has 7 heteroatoms. The van der Waals surface area contributed by atoms with Crippen LogP contribution in [0.2, 0.25) is 0 Å². The third kappa shape index (κ3) is 4.56. The highest BCUT2D eigenvalue weighted by molar-refractivity contribution is 5.96. The average Bonchev–Trinajstić information content (AvgIpc) is 3.33. The number of pyridine rings is 1. The van der Waals surface area contributed by atoms with Gasteiger partial charge in [0.25, 0.3) is 11.5 Å². The molecule has 0 radical (unpaired) electrons. The third-order valence-corrected chi connectivity index (χ3v) is 6.18. The molecule has 2 aliphatic rings. The molecule has 1 fully saturated rings. The zero-order valence-corrected chi connectivity index (χ0v) is 18.0. The number of carbonyl (C=O) groups excluding carboxylic acids is 2. The predicted octanol–water partition coefficient (Wildman–Crippen LogP) is 1.86. The quantitative estimate of drug-likeness (QED) is 0.711. The zero-order chi connectivity index (χ0) is 21.8. The fraction of sp³-hybridized carbons (Fsp3) is 0.458. The van der Waals surface area contributed by atoms with Crippen LogP contribution in [-0.4, -0.2) is 59.5 Å². The summed E-state index contributed by atoms with van der Waals surface area (Å²) >= 11 is 0. The number of benzene rings is 1. The van der Waals surface area contributed by atoms with Crippen molar-refractivity contribution in [1.82, 2.24) is 14.4 Å². The highest BCUT2D eigenvalue weighted by Gasteiger charge is 2.30. The first-order valence-electron chi connectivity index (χ1n) is 10.9. The summed E-state index contributed by atoms with van der Waals surface area (Å²) in [5.41, 5.74) is 2.90. The van der Waals surface area contributed by atoms with Crippen molar-refractivity contribution in [1.29, 1.82) is 0 Å². The zero-order valence-electron chi connectivity index (χ0n) is 18.0. The Bertz CT molecular complexity index is 1010. The van der Waals surface area contributed by atoms with Gasteiger partial charge in [-0.25, -0.2) is 0 Å². The lowest BCUT2D eigenvalue weighted by atomic mass is 9.95. The van der Waals surface area contributed by atoms with Gasteiger partial charge in [0, 0.05) is 46.0 Å². The van der Waals surface area contributed by atoms with E-state index in [4.69, 9.17) is 4.74 Å². The highest BCUT2D eigenvalue weighted by Crippen LogP contribution is 2.23. The van der Waals surface area contributed by atoms with E-state index in [0.29, 0.717) is 51.1 Å². The standard InChI is InChI=1S/C24H29N3O4/c1-31-17-21(28)26-14-10-20-19(15-26)16-27(13-9-18-7-3-2-4-8-18)24(30)22(20)23(29)25-11-5-6-12-25/h2-4,7-8,16H,5-6,9-15,17H2,1H3. The van der Waals surface area contributed by atoms with Crippen molar-refractivity contribution >= 4 is 11.8 Å². The van der Waals surface area contributed by atoms with Gasteiger partial charge in [0.1, 0.15) is 12.2 Å². The second-order valence-electron chi connectivity index (χ2n) is 8.24. The smallest absolute Gasteiger partial charge is 0.263 e. The molecule has 164 valence electrons. The number of methoxy groups -OCH3 is 1. The van der Waals surface area contributed by atoms with E-state index in [1.807, 2.05) is 36.5 Å². The fourth-order valence-electron chi connectivity index (χ4n) is 4.50. The Morgan fingerprint density at radius 2 is 1.77 bits per heavy atom. The van der Waals surface area contributed by atoms with Crippen LogP contribution in [0, 0.1) is 0 Å². The molecule has 1 aromatic heterocycles. The van der Waals surface area contributed by atoms with Gasteiger partial charge in [-0.3, -0.25) is 14.4 Å². The van der Waals surface area contributed by atoms with Crippen LogP contribution in [0.15, 0.2) is 41.3 Å². The molecular weight excluding hydrogens is 394 g/mol. The number of nitrogens with zero attached hydrogens (tertiary/aromatic N) is 3. The van der Waals surface area contributed by atoms with E-state index in [9.17, 15) is 14.4 Å². The van der Waals surface area contributed by atoms with Crippen molar-refractivity contribution in [3.05, 3.63) is 69.1 Å². The van der Waals surface area contributed by atoms with Gasteiger partial charge in [-0.15, -0.1) is 0 Å². The minimum Gasteiger partial charge on any atom is -0.375 e. The summed E-state index contributed by atoms with van der Waals surface area (Å²) in [6, 6.07) is 9.99. The Kier molecular flexibility index (Phi) is 6.51. The van der Waals surface area contributed by atoms with Gasteiger partial charge in [0.15, 0.2) is 0 Å². The molecule has 0 atom stereocenters. The van der Waals surface area contributed by atoms with E-state index in [1.54, 1.807) is 14.4 Å². The molecule has 31 heavy (non-hydrogen) atoms. The van der Waals surface area contributed by atoms with Gasteiger partial charge in [-0.1, -0.05) is 30.3 Å². The summed E-state index contributed by atoms with van der Waals surface area (Å²) in [7, 11) is 1.50. The van der Waals surface area contributed by atoms with Crippen molar-refractivity contribution in [2.45, 2.75) is 38.8 Å². The molecule has 0 bridgehead atoms.